The summed E-state index contributed by atoms with van der Waals surface area (Å²) in [7, 11) is 6.22. The minimum Gasteiger partial charge on any atom is -0.354 e. The van der Waals surface area contributed by atoms with Crippen LogP contribution in [0, 0.1) is 0 Å². The molecule has 5 heteroatoms. The van der Waals surface area contributed by atoms with E-state index < -0.39 is 0 Å². The summed E-state index contributed by atoms with van der Waals surface area (Å²) < 4.78 is 1.73. The maximum absolute atomic E-state index is 6.22. The molecule has 0 aliphatic carbocycles. The highest BCUT2D eigenvalue weighted by molar-refractivity contribution is 7.13. The molecule has 1 N–H and O–H groups in total. The third-order valence-electron chi connectivity index (χ3n) is 3.52. The maximum atomic E-state index is 6.22. The van der Waals surface area contributed by atoms with Crippen molar-refractivity contribution in [2.75, 3.05) is 0 Å². The van der Waals surface area contributed by atoms with Gasteiger partial charge in [-0.05, 0) is 35.0 Å². The average molecular weight is 319 g/mol. The Morgan fingerprint density at radius 3 is 2.45 bits per heavy atom. The van der Waals surface area contributed by atoms with Gasteiger partial charge in [0.25, 0.3) is 0 Å². The molecule has 22 heavy (non-hydrogen) atoms. The van der Waals surface area contributed by atoms with Crippen LogP contribution in [0.4, 0.5) is 0 Å². The molecular formula is C17H12BN2S2+. The molecular weight excluding hydrogens is 307 g/mol. The van der Waals surface area contributed by atoms with Crippen molar-refractivity contribution in [2.24, 2.45) is 0 Å². The number of H-pyrrole nitrogens is 1. The lowest BCUT2D eigenvalue weighted by Crippen LogP contribution is -2.10. The topological polar surface area (TPSA) is 18.8 Å². The lowest BCUT2D eigenvalue weighted by Gasteiger charge is -1.96. The van der Waals surface area contributed by atoms with Crippen molar-refractivity contribution in [1.29, 1.82) is 0 Å². The number of thiophene rings is 2. The molecule has 0 saturated heterocycles. The van der Waals surface area contributed by atoms with Gasteiger partial charge in [0.1, 0.15) is 0 Å². The normalized spacial score (nSPS) is 16.1. The summed E-state index contributed by atoms with van der Waals surface area (Å²) in [6, 6.07) is 12.5. The van der Waals surface area contributed by atoms with Crippen LogP contribution in [0.5, 0.6) is 0 Å². The van der Waals surface area contributed by atoms with E-state index in [1.165, 1.54) is 9.75 Å². The lowest BCUT2D eigenvalue weighted by molar-refractivity contribution is -0.298. The quantitative estimate of drug-likeness (QED) is 0.694. The van der Waals surface area contributed by atoms with Gasteiger partial charge in [0.05, 0.1) is 15.4 Å². The highest BCUT2D eigenvalue weighted by atomic mass is 32.1. The van der Waals surface area contributed by atoms with Crippen molar-refractivity contribution in [3.05, 3.63) is 75.6 Å². The zero-order chi connectivity index (χ0) is 14.9. The van der Waals surface area contributed by atoms with Crippen molar-refractivity contribution in [3.8, 4) is 10.6 Å². The summed E-state index contributed by atoms with van der Waals surface area (Å²) in [5.74, 6) is 0. The zero-order valence-corrected chi connectivity index (χ0v) is 13.3. The molecule has 0 bridgehead atoms. The Kier molecular flexibility index (Phi) is 3.44. The van der Waals surface area contributed by atoms with Gasteiger partial charge in [-0.15, -0.1) is 22.7 Å². The molecule has 3 aromatic rings. The molecule has 4 heterocycles. The van der Waals surface area contributed by atoms with E-state index in [-0.39, 0.29) is 0 Å². The molecule has 3 aromatic heterocycles. The Morgan fingerprint density at radius 2 is 1.73 bits per heavy atom. The van der Waals surface area contributed by atoms with Crippen LogP contribution < -0.4 is 0 Å². The first-order valence-electron chi connectivity index (χ1n) is 6.89. The molecule has 1 aliphatic heterocycles. The second kappa shape index (κ2) is 5.59. The third kappa shape index (κ3) is 2.43. The van der Waals surface area contributed by atoms with Gasteiger partial charge in [0.15, 0.2) is 11.4 Å². The first kappa shape index (κ1) is 13.6. The van der Waals surface area contributed by atoms with Crippen molar-refractivity contribution < 1.29 is 4.49 Å². The first-order chi connectivity index (χ1) is 10.8. The van der Waals surface area contributed by atoms with Crippen molar-refractivity contribution in [2.45, 2.75) is 0 Å². The van der Waals surface area contributed by atoms with Gasteiger partial charge in [-0.2, -0.15) is 0 Å². The van der Waals surface area contributed by atoms with E-state index in [0.29, 0.717) is 0 Å². The Morgan fingerprint density at radius 1 is 0.955 bits per heavy atom. The minimum absolute atomic E-state index is 0.975. The molecule has 2 radical (unpaired) electrons. The number of aromatic amines is 1. The highest BCUT2D eigenvalue weighted by Crippen LogP contribution is 2.25. The number of hydrogen-bond acceptors (Lipinski definition) is 2. The van der Waals surface area contributed by atoms with Crippen LogP contribution in [-0.4, -0.2) is 23.2 Å². The molecule has 0 unspecified atom stereocenters. The van der Waals surface area contributed by atoms with Crippen molar-refractivity contribution >= 4 is 42.4 Å². The SMILES string of the molecule is [B][N+]1=C(c2cccs2)C=C/C1=C/c1ccc(-c2cccs2)[nH]1. The summed E-state index contributed by atoms with van der Waals surface area (Å²) in [5, 5.41) is 4.14. The highest BCUT2D eigenvalue weighted by Gasteiger charge is 2.21. The fourth-order valence-corrected chi connectivity index (χ4v) is 3.89. The smallest absolute Gasteiger partial charge is 0.354 e. The van der Waals surface area contributed by atoms with Gasteiger partial charge < -0.3 is 4.98 Å². The van der Waals surface area contributed by atoms with Crippen LogP contribution in [0.1, 0.15) is 10.6 Å². The predicted molar refractivity (Wildman–Crippen MR) is 95.7 cm³/mol. The van der Waals surface area contributed by atoms with Crippen LogP contribution in [0.3, 0.4) is 0 Å². The Labute approximate surface area is 138 Å². The Balaban J connectivity index is 1.66. The Bertz CT molecular complexity index is 881. The molecule has 0 aromatic carbocycles. The minimum atomic E-state index is 0.975. The number of hydrogen-bond donors (Lipinski definition) is 1. The predicted octanol–water partition coefficient (Wildman–Crippen LogP) is 4.30. The fourth-order valence-electron chi connectivity index (χ4n) is 2.44. The summed E-state index contributed by atoms with van der Waals surface area (Å²) in [4.78, 5) is 5.84. The van der Waals surface area contributed by atoms with Crippen LogP contribution in [-0.2, 0) is 0 Å². The van der Waals surface area contributed by atoms with E-state index in [1.807, 2.05) is 12.1 Å². The molecule has 104 valence electrons. The maximum Gasteiger partial charge on any atom is 0.587 e. The van der Waals surface area contributed by atoms with Crippen molar-refractivity contribution in [3.63, 3.8) is 0 Å². The van der Waals surface area contributed by atoms with Crippen LogP contribution in [0.25, 0.3) is 16.6 Å². The largest absolute Gasteiger partial charge is 0.587 e. The molecule has 0 spiro atoms. The van der Waals surface area contributed by atoms with E-state index in [9.17, 15) is 0 Å². The van der Waals surface area contributed by atoms with Gasteiger partial charge in [0, 0.05) is 23.9 Å². The van der Waals surface area contributed by atoms with Crippen LogP contribution in [0.15, 0.2) is 65.0 Å². The van der Waals surface area contributed by atoms with E-state index >= 15 is 0 Å². The number of rotatable bonds is 3. The second-order valence-electron chi connectivity index (χ2n) is 4.94. The van der Waals surface area contributed by atoms with E-state index in [4.69, 9.17) is 7.98 Å². The summed E-state index contributed by atoms with van der Waals surface area (Å²) in [5.41, 5.74) is 4.19. The molecule has 1 aliphatic rings. The monoisotopic (exact) mass is 319 g/mol. The van der Waals surface area contributed by atoms with Gasteiger partial charge in [-0.3, -0.25) is 4.49 Å². The standard InChI is InChI=1S/C17H12BN2S2/c18-20-13(6-8-15(20)17-4-2-10-22-17)11-12-5-7-14(19-12)16-3-1-9-21-16/h1-11,19H/q+1. The zero-order valence-electron chi connectivity index (χ0n) is 11.7. The molecule has 4 rings (SSSR count). The van der Waals surface area contributed by atoms with E-state index in [1.54, 1.807) is 27.2 Å². The molecule has 2 nitrogen and oxygen atoms in total. The third-order valence-corrected chi connectivity index (χ3v) is 5.32. The van der Waals surface area contributed by atoms with Gasteiger partial charge in [-0.25, -0.2) is 0 Å². The van der Waals surface area contributed by atoms with Crippen LogP contribution in [0.2, 0.25) is 0 Å². The number of aromatic nitrogens is 1. The van der Waals surface area contributed by atoms with Crippen LogP contribution >= 0.6 is 22.7 Å². The summed E-state index contributed by atoms with van der Waals surface area (Å²) in [6.45, 7) is 0. The number of nitrogens with zero attached hydrogens (tertiary/aromatic N) is 1. The van der Waals surface area contributed by atoms with E-state index in [0.717, 1.165) is 22.8 Å². The first-order valence-corrected chi connectivity index (χ1v) is 8.65. The Hall–Kier alpha value is -2.11. The van der Waals surface area contributed by atoms with Crippen molar-refractivity contribution in [1.82, 2.24) is 4.98 Å². The summed E-state index contributed by atoms with van der Waals surface area (Å²) >= 11 is 3.42. The van der Waals surface area contributed by atoms with Gasteiger partial charge in [0.2, 0.25) is 0 Å². The molecule has 0 saturated carbocycles. The molecule has 0 amide bonds. The van der Waals surface area contributed by atoms with Gasteiger partial charge in [-0.1, -0.05) is 12.1 Å². The van der Waals surface area contributed by atoms with Gasteiger partial charge >= 0.3 is 7.98 Å². The number of allylic oxidation sites excluding steroid dienone is 2. The second-order valence-corrected chi connectivity index (χ2v) is 6.84. The lowest BCUT2D eigenvalue weighted by atomic mass is 10.2. The molecule has 0 fully saturated rings. The average Bonchev–Trinajstić information content (AvgIpc) is 3.27. The summed E-state index contributed by atoms with van der Waals surface area (Å²) in [6.07, 6.45) is 6.16. The molecule has 0 atom stereocenters. The fraction of sp³-hybridized carbons (Fsp3) is 0. The van der Waals surface area contributed by atoms with E-state index in [2.05, 4.69) is 58.2 Å². The number of nitrogens with one attached hydrogen (secondary N) is 1.